The molecular formula is C13H29NO7S. The topological polar surface area (TPSA) is 124 Å². The van der Waals surface area contributed by atoms with Crippen LogP contribution < -0.4 is 0 Å². The van der Waals surface area contributed by atoms with Crippen LogP contribution in [-0.2, 0) is 20.1 Å². The van der Waals surface area contributed by atoms with Gasteiger partial charge in [0.1, 0.15) is 0 Å². The van der Waals surface area contributed by atoms with Crippen LogP contribution in [0, 0.1) is 0 Å². The summed E-state index contributed by atoms with van der Waals surface area (Å²) in [7, 11) is -0.450. The highest BCUT2D eigenvalue weighted by atomic mass is 32.3. The summed E-state index contributed by atoms with van der Waals surface area (Å²) in [5, 5.41) is 8.04. The molecule has 8 nitrogen and oxygen atoms in total. The second-order valence-corrected chi connectivity index (χ2v) is 6.19. The van der Waals surface area contributed by atoms with E-state index in [2.05, 4.69) is 23.9 Å². The quantitative estimate of drug-likeness (QED) is 0.226. The number of carbonyl (C=O) groups is 1. The number of nitrogens with zero attached hydrogens (tertiary/aromatic N) is 1. The molecule has 9 heteroatoms. The van der Waals surface area contributed by atoms with Crippen LogP contribution in [0.2, 0.25) is 0 Å². The van der Waals surface area contributed by atoms with Crippen molar-refractivity contribution < 1.29 is 32.5 Å². The van der Waals surface area contributed by atoms with Crippen molar-refractivity contribution in [3.05, 3.63) is 0 Å². The van der Waals surface area contributed by atoms with Crippen molar-refractivity contribution in [1.29, 1.82) is 0 Å². The van der Waals surface area contributed by atoms with Gasteiger partial charge < -0.3 is 9.79 Å². The van der Waals surface area contributed by atoms with Crippen molar-refractivity contribution in [2.75, 3.05) is 20.6 Å². The second-order valence-electron chi connectivity index (χ2n) is 5.29. The molecule has 0 aliphatic carbocycles. The van der Waals surface area contributed by atoms with Crippen LogP contribution in [-0.4, -0.2) is 54.3 Å². The molecule has 22 heavy (non-hydrogen) atoms. The van der Waals surface area contributed by atoms with Crippen LogP contribution in [0.5, 0.6) is 0 Å². The number of hydrogen-bond acceptors (Lipinski definition) is 6. The highest BCUT2D eigenvalue weighted by Gasteiger charge is 2.00. The van der Waals surface area contributed by atoms with Gasteiger partial charge in [-0.25, -0.2) is 4.79 Å². The fourth-order valence-electron chi connectivity index (χ4n) is 1.80. The molecule has 134 valence electrons. The molecule has 0 unspecified atom stereocenters. The van der Waals surface area contributed by atoms with Crippen molar-refractivity contribution in [3.63, 3.8) is 0 Å². The van der Waals surface area contributed by atoms with Crippen LogP contribution in [0.3, 0.4) is 0 Å². The zero-order valence-electron chi connectivity index (χ0n) is 13.4. The molecule has 0 aromatic carbocycles. The van der Waals surface area contributed by atoms with Crippen molar-refractivity contribution in [2.24, 2.45) is 0 Å². The van der Waals surface area contributed by atoms with E-state index in [0.29, 0.717) is 6.42 Å². The van der Waals surface area contributed by atoms with E-state index in [9.17, 15) is 4.79 Å². The first-order chi connectivity index (χ1) is 10.2. The Labute approximate surface area is 133 Å². The molecule has 0 atom stereocenters. The van der Waals surface area contributed by atoms with Gasteiger partial charge in [0.2, 0.25) is 0 Å². The molecule has 0 saturated heterocycles. The zero-order chi connectivity index (χ0) is 17.4. The van der Waals surface area contributed by atoms with E-state index in [1.54, 1.807) is 0 Å². The molecule has 3 N–H and O–H groups in total. The molecule has 0 rings (SSSR count). The summed E-state index contributed by atoms with van der Waals surface area (Å²) >= 11 is 0. The molecule has 0 amide bonds. The summed E-state index contributed by atoms with van der Waals surface area (Å²) in [6.45, 7) is 1.18. The molecule has 0 heterocycles. The number of carbonyl (C=O) groups excluding carboxylic acids is 1. The maximum absolute atomic E-state index is 10.6. The molecule has 0 fully saturated rings. The van der Waals surface area contributed by atoms with Gasteiger partial charge in [-0.05, 0) is 33.5 Å². The minimum atomic E-state index is -4.67. The lowest BCUT2D eigenvalue weighted by molar-refractivity contribution is -0.234. The van der Waals surface area contributed by atoms with Crippen LogP contribution >= 0.6 is 0 Å². The minimum Gasteiger partial charge on any atom is -0.309 e. The third-order valence-corrected chi connectivity index (χ3v) is 2.84. The van der Waals surface area contributed by atoms with E-state index in [1.807, 2.05) is 0 Å². The Kier molecular flexibility index (Phi) is 16.2. The van der Waals surface area contributed by atoms with Crippen LogP contribution in [0.4, 0.5) is 0 Å². The fourth-order valence-corrected chi connectivity index (χ4v) is 1.80. The normalized spacial score (nSPS) is 11.0. The molecule has 0 spiro atoms. The molecule has 0 aliphatic heterocycles. The standard InChI is InChI=1S/C13H27NO3.H2O4S/c1-14(2)12-10-8-6-4-3-5-7-9-11-13(15)17-16;1-5(2,3)4/h16H,3-12H2,1-2H3;(H2,1,2,3,4). The van der Waals surface area contributed by atoms with E-state index in [4.69, 9.17) is 22.8 Å². The molecule has 0 radical (unpaired) electrons. The maximum Gasteiger partial charge on any atom is 0.394 e. The predicted molar refractivity (Wildman–Crippen MR) is 83.0 cm³/mol. The molecule has 0 aliphatic rings. The predicted octanol–water partition coefficient (Wildman–Crippen LogP) is 2.42. The third kappa shape index (κ3) is 31.6. The zero-order valence-corrected chi connectivity index (χ0v) is 14.2. The Balaban J connectivity index is 0. The monoisotopic (exact) mass is 343 g/mol. The van der Waals surface area contributed by atoms with E-state index >= 15 is 0 Å². The lowest BCUT2D eigenvalue weighted by Gasteiger charge is -2.08. The number of unbranched alkanes of at least 4 members (excludes halogenated alkanes) is 7. The third-order valence-electron chi connectivity index (χ3n) is 2.84. The van der Waals surface area contributed by atoms with E-state index in [0.717, 1.165) is 12.8 Å². The highest BCUT2D eigenvalue weighted by Crippen LogP contribution is 2.10. The summed E-state index contributed by atoms with van der Waals surface area (Å²) in [5.41, 5.74) is 0. The average molecular weight is 343 g/mol. The van der Waals surface area contributed by atoms with Gasteiger partial charge >= 0.3 is 16.4 Å². The van der Waals surface area contributed by atoms with E-state index in [1.165, 1.54) is 45.1 Å². The van der Waals surface area contributed by atoms with Gasteiger partial charge in [-0.1, -0.05) is 38.5 Å². The van der Waals surface area contributed by atoms with Crippen molar-refractivity contribution in [2.45, 2.75) is 57.8 Å². The van der Waals surface area contributed by atoms with Crippen molar-refractivity contribution in [1.82, 2.24) is 4.90 Å². The Morgan fingerprint density at radius 2 is 1.27 bits per heavy atom. The summed E-state index contributed by atoms with van der Waals surface area (Å²) in [5.74, 6) is -0.520. The first-order valence-electron chi connectivity index (χ1n) is 7.35. The van der Waals surface area contributed by atoms with Crippen molar-refractivity contribution in [3.8, 4) is 0 Å². The Bertz CT molecular complexity index is 349. The highest BCUT2D eigenvalue weighted by molar-refractivity contribution is 7.79. The van der Waals surface area contributed by atoms with Gasteiger partial charge in [-0.15, -0.1) is 0 Å². The number of hydrogen-bond donors (Lipinski definition) is 3. The van der Waals surface area contributed by atoms with Crippen LogP contribution in [0.15, 0.2) is 0 Å². The van der Waals surface area contributed by atoms with Gasteiger partial charge in [-0.3, -0.25) is 9.11 Å². The Morgan fingerprint density at radius 1 is 0.909 bits per heavy atom. The van der Waals surface area contributed by atoms with Crippen LogP contribution in [0.1, 0.15) is 57.8 Å². The lowest BCUT2D eigenvalue weighted by atomic mass is 10.1. The smallest absolute Gasteiger partial charge is 0.309 e. The van der Waals surface area contributed by atoms with Gasteiger partial charge in [0.05, 0.1) is 0 Å². The van der Waals surface area contributed by atoms with Gasteiger partial charge in [-0.2, -0.15) is 13.7 Å². The molecular weight excluding hydrogens is 314 g/mol. The van der Waals surface area contributed by atoms with E-state index < -0.39 is 16.4 Å². The first-order valence-corrected chi connectivity index (χ1v) is 8.75. The van der Waals surface area contributed by atoms with E-state index in [-0.39, 0.29) is 0 Å². The maximum atomic E-state index is 10.6. The summed E-state index contributed by atoms with van der Waals surface area (Å²) in [4.78, 5) is 16.4. The lowest BCUT2D eigenvalue weighted by Crippen LogP contribution is -2.12. The Morgan fingerprint density at radius 3 is 1.64 bits per heavy atom. The largest absolute Gasteiger partial charge is 0.394 e. The summed E-state index contributed by atoms with van der Waals surface area (Å²) in [6, 6.07) is 0. The molecule has 0 aromatic heterocycles. The second kappa shape index (κ2) is 15.2. The fraction of sp³-hybridized carbons (Fsp3) is 0.923. The minimum absolute atomic E-state index is 0.333. The molecule has 0 saturated carbocycles. The van der Waals surface area contributed by atoms with Crippen molar-refractivity contribution >= 4 is 16.4 Å². The van der Waals surface area contributed by atoms with Gasteiger partial charge in [0.25, 0.3) is 0 Å². The SMILES string of the molecule is CN(C)CCCCCCCCCCC(=O)OO.O=S(=O)(O)O. The van der Waals surface area contributed by atoms with Crippen LogP contribution in [0.25, 0.3) is 0 Å². The Hall–Kier alpha value is -0.740. The molecule has 0 bridgehead atoms. The summed E-state index contributed by atoms with van der Waals surface area (Å²) in [6.07, 6.45) is 9.82. The van der Waals surface area contributed by atoms with Gasteiger partial charge in [0, 0.05) is 6.42 Å². The average Bonchev–Trinajstić information content (AvgIpc) is 2.38. The number of rotatable bonds is 11. The summed E-state index contributed by atoms with van der Waals surface area (Å²) < 4.78 is 31.6. The first kappa shape index (κ1) is 23.5. The van der Waals surface area contributed by atoms with Gasteiger partial charge in [0.15, 0.2) is 0 Å². The molecule has 0 aromatic rings.